The number of carbonyl (C=O) groups is 1. The lowest BCUT2D eigenvalue weighted by Gasteiger charge is -2.28. The van der Waals surface area contributed by atoms with Crippen LogP contribution in [-0.4, -0.2) is 43.5 Å². The molecule has 0 aromatic carbocycles. The first kappa shape index (κ1) is 17.4. The van der Waals surface area contributed by atoms with E-state index in [-0.39, 0.29) is 12.2 Å². The van der Waals surface area contributed by atoms with E-state index in [9.17, 15) is 4.79 Å². The second-order valence-corrected chi connectivity index (χ2v) is 5.72. The van der Waals surface area contributed by atoms with Gasteiger partial charge in [-0.2, -0.15) is 0 Å². The maximum Gasteiger partial charge on any atom is 0.322 e. The largest absolute Gasteiger partial charge is 0.461 e. The number of rotatable bonds is 8. The van der Waals surface area contributed by atoms with Gasteiger partial charge in [0.15, 0.2) is 0 Å². The van der Waals surface area contributed by atoms with E-state index in [2.05, 4.69) is 0 Å². The number of hydrogen-bond donors (Lipinski definition) is 1. The van der Waals surface area contributed by atoms with Crippen molar-refractivity contribution in [1.29, 1.82) is 0 Å². The fourth-order valence-electron chi connectivity index (χ4n) is 1.09. The van der Waals surface area contributed by atoms with Gasteiger partial charge in [0.1, 0.15) is 12.6 Å². The number of esters is 1. The lowest BCUT2D eigenvalue weighted by atomic mass is 10.1. The summed E-state index contributed by atoms with van der Waals surface area (Å²) >= 11 is 0. The van der Waals surface area contributed by atoms with Gasteiger partial charge in [0.05, 0.1) is 17.8 Å². The molecule has 18 heavy (non-hydrogen) atoms. The molecule has 0 aromatic heterocycles. The molecule has 0 rings (SSSR count). The summed E-state index contributed by atoms with van der Waals surface area (Å²) in [6, 6.07) is -0.603. The highest BCUT2D eigenvalue weighted by Gasteiger charge is 2.24. The number of carbonyl (C=O) groups excluding carboxylic acids is 1. The Kier molecular flexibility index (Phi) is 6.81. The van der Waals surface area contributed by atoms with Crippen molar-refractivity contribution >= 4 is 5.97 Å². The summed E-state index contributed by atoms with van der Waals surface area (Å²) in [5, 5.41) is 0. The molecule has 0 aliphatic heterocycles. The van der Waals surface area contributed by atoms with Crippen molar-refractivity contribution in [2.75, 3.05) is 20.3 Å². The van der Waals surface area contributed by atoms with Crippen molar-refractivity contribution in [2.45, 2.75) is 58.3 Å². The summed E-state index contributed by atoms with van der Waals surface area (Å²) in [4.78, 5) is 11.2. The van der Waals surface area contributed by atoms with Gasteiger partial charge in [-0.1, -0.05) is 0 Å². The van der Waals surface area contributed by atoms with Gasteiger partial charge in [-0.3, -0.25) is 4.79 Å². The molecule has 1 atom stereocenters. The van der Waals surface area contributed by atoms with Crippen molar-refractivity contribution in [3.05, 3.63) is 0 Å². The molecule has 0 heterocycles. The number of hydrogen-bond acceptors (Lipinski definition) is 5. The molecule has 0 radical (unpaired) electrons. The van der Waals surface area contributed by atoms with Gasteiger partial charge in [0.25, 0.3) is 0 Å². The van der Waals surface area contributed by atoms with Crippen LogP contribution in [0.25, 0.3) is 0 Å². The summed E-state index contributed by atoms with van der Waals surface area (Å²) < 4.78 is 16.1. The third-order valence-corrected chi connectivity index (χ3v) is 2.68. The molecule has 0 saturated carbocycles. The zero-order valence-corrected chi connectivity index (χ0v) is 12.4. The molecule has 0 saturated heterocycles. The van der Waals surface area contributed by atoms with Crippen molar-refractivity contribution < 1.29 is 19.0 Å². The lowest BCUT2D eigenvalue weighted by molar-refractivity contribution is -0.155. The molecule has 0 bridgehead atoms. The average molecular weight is 261 g/mol. The van der Waals surface area contributed by atoms with Crippen molar-refractivity contribution in [2.24, 2.45) is 5.73 Å². The van der Waals surface area contributed by atoms with E-state index in [0.717, 1.165) is 6.42 Å². The van der Waals surface area contributed by atoms with Gasteiger partial charge >= 0.3 is 5.97 Å². The lowest BCUT2D eigenvalue weighted by Crippen LogP contribution is -2.37. The first-order valence-corrected chi connectivity index (χ1v) is 6.21. The van der Waals surface area contributed by atoms with E-state index < -0.39 is 17.6 Å². The van der Waals surface area contributed by atoms with E-state index in [1.807, 2.05) is 27.7 Å². The smallest absolute Gasteiger partial charge is 0.322 e. The topological polar surface area (TPSA) is 70.8 Å². The van der Waals surface area contributed by atoms with Crippen LogP contribution < -0.4 is 5.73 Å². The van der Waals surface area contributed by atoms with Crippen LogP contribution in [0, 0.1) is 0 Å². The second kappa shape index (κ2) is 7.07. The van der Waals surface area contributed by atoms with Gasteiger partial charge in [-0.25, -0.2) is 0 Å². The molecule has 0 fully saturated rings. The summed E-state index contributed by atoms with van der Waals surface area (Å²) in [7, 11) is 1.68. The Morgan fingerprint density at radius 2 is 1.78 bits per heavy atom. The quantitative estimate of drug-likeness (QED) is 0.670. The van der Waals surface area contributed by atoms with Crippen LogP contribution >= 0.6 is 0 Å². The Labute approximate surface area is 110 Å². The van der Waals surface area contributed by atoms with Gasteiger partial charge in [-0.15, -0.1) is 0 Å². The fourth-order valence-corrected chi connectivity index (χ4v) is 1.09. The van der Waals surface area contributed by atoms with Gasteiger partial charge in [0, 0.05) is 7.11 Å². The Bertz CT molecular complexity index is 262. The molecule has 0 spiro atoms. The van der Waals surface area contributed by atoms with Gasteiger partial charge < -0.3 is 19.9 Å². The molecule has 0 aromatic rings. The predicted molar refractivity (Wildman–Crippen MR) is 70.3 cm³/mol. The minimum atomic E-state index is -0.603. The maximum absolute atomic E-state index is 11.2. The highest BCUT2D eigenvalue weighted by molar-refractivity contribution is 5.74. The molecule has 0 aliphatic rings. The molecule has 108 valence electrons. The predicted octanol–water partition coefficient (Wildman–Crippen LogP) is 1.49. The Hall–Kier alpha value is -0.650. The standard InChI is InChI=1S/C13H27NO4/c1-10(14)11(15)17-9-13(4,5)18-8-7-12(2,3)16-6/h10H,7-9,14H2,1-6H3/t10-/m0/s1. The van der Waals surface area contributed by atoms with Crippen LogP contribution in [0.5, 0.6) is 0 Å². The summed E-state index contributed by atoms with van der Waals surface area (Å²) in [5.74, 6) is -0.413. The number of methoxy groups -OCH3 is 1. The molecular formula is C13H27NO4. The van der Waals surface area contributed by atoms with Crippen LogP contribution in [0.2, 0.25) is 0 Å². The second-order valence-electron chi connectivity index (χ2n) is 5.72. The normalized spacial score (nSPS) is 14.4. The molecule has 5 nitrogen and oxygen atoms in total. The molecule has 2 N–H and O–H groups in total. The van der Waals surface area contributed by atoms with E-state index >= 15 is 0 Å². The minimum absolute atomic E-state index is 0.195. The molecule has 5 heteroatoms. The monoisotopic (exact) mass is 261 g/mol. The summed E-state index contributed by atoms with van der Waals surface area (Å²) in [5.41, 5.74) is 4.68. The Balaban J connectivity index is 3.97. The SMILES string of the molecule is COC(C)(C)CCOC(C)(C)COC(=O)[C@H](C)N. The van der Waals surface area contributed by atoms with Crippen LogP contribution in [0.4, 0.5) is 0 Å². The molecule has 0 amide bonds. The zero-order chi connectivity index (χ0) is 14.4. The van der Waals surface area contributed by atoms with Crippen molar-refractivity contribution in [3.8, 4) is 0 Å². The Morgan fingerprint density at radius 1 is 1.22 bits per heavy atom. The maximum atomic E-state index is 11.2. The third kappa shape index (κ3) is 7.63. The van der Waals surface area contributed by atoms with E-state index in [0.29, 0.717) is 6.61 Å². The highest BCUT2D eigenvalue weighted by Crippen LogP contribution is 2.16. The van der Waals surface area contributed by atoms with Crippen LogP contribution in [0.3, 0.4) is 0 Å². The number of ether oxygens (including phenoxy) is 3. The van der Waals surface area contributed by atoms with E-state index in [4.69, 9.17) is 19.9 Å². The first-order valence-electron chi connectivity index (χ1n) is 6.21. The van der Waals surface area contributed by atoms with Gasteiger partial charge in [0.2, 0.25) is 0 Å². The summed E-state index contributed by atoms with van der Waals surface area (Å²) in [6.45, 7) is 10.1. The third-order valence-electron chi connectivity index (χ3n) is 2.68. The van der Waals surface area contributed by atoms with Crippen molar-refractivity contribution in [3.63, 3.8) is 0 Å². The average Bonchev–Trinajstić information content (AvgIpc) is 2.25. The van der Waals surface area contributed by atoms with Crippen LogP contribution in [-0.2, 0) is 19.0 Å². The van der Waals surface area contributed by atoms with Crippen LogP contribution in [0.15, 0.2) is 0 Å². The Morgan fingerprint density at radius 3 is 2.22 bits per heavy atom. The highest BCUT2D eigenvalue weighted by atomic mass is 16.6. The minimum Gasteiger partial charge on any atom is -0.461 e. The molecule has 0 unspecified atom stereocenters. The van der Waals surface area contributed by atoms with E-state index in [1.165, 1.54) is 0 Å². The molecule has 0 aliphatic carbocycles. The zero-order valence-electron chi connectivity index (χ0n) is 12.4. The first-order chi connectivity index (χ1) is 8.09. The summed E-state index contributed by atoms with van der Waals surface area (Å²) in [6.07, 6.45) is 0.772. The molecular weight excluding hydrogens is 234 g/mol. The van der Waals surface area contributed by atoms with Crippen molar-refractivity contribution in [1.82, 2.24) is 0 Å². The van der Waals surface area contributed by atoms with E-state index in [1.54, 1.807) is 14.0 Å². The van der Waals surface area contributed by atoms with Gasteiger partial charge in [-0.05, 0) is 41.0 Å². The fraction of sp³-hybridized carbons (Fsp3) is 0.923. The van der Waals surface area contributed by atoms with Crippen LogP contribution in [0.1, 0.15) is 41.0 Å². The number of nitrogens with two attached hydrogens (primary N) is 1.